The van der Waals surface area contributed by atoms with Crippen molar-refractivity contribution < 1.29 is 26.0 Å². The summed E-state index contributed by atoms with van der Waals surface area (Å²) in [6, 6.07) is 0. The van der Waals surface area contributed by atoms with Gasteiger partial charge in [0.25, 0.3) is 0 Å². The fourth-order valence-electron chi connectivity index (χ4n) is 1.14. The largest absolute Gasteiger partial charge is 0.412 e. The molecule has 0 spiro atoms. The first-order chi connectivity index (χ1) is 15.1. The lowest BCUT2D eigenvalue weighted by Gasteiger charge is -2.42. The van der Waals surface area contributed by atoms with E-state index in [2.05, 4.69) is 11.8 Å². The van der Waals surface area contributed by atoms with E-state index in [1.807, 2.05) is 33.9 Å². The van der Waals surface area contributed by atoms with Gasteiger partial charge in [0.15, 0.2) is 8.32 Å². The molecule has 3 heteroatoms. The summed E-state index contributed by atoms with van der Waals surface area (Å²) in [5, 5.41) is 9.29. The third-order valence-electron chi connectivity index (χ3n) is 3.49. The number of rotatable bonds is 6. The average molecular weight is 351 g/mol. The first-order valence-electron chi connectivity index (χ1n) is 13.4. The molecule has 0 fully saturated rings. The topological polar surface area (TPSA) is 29.5 Å². The Hall–Kier alpha value is -0.743. The highest BCUT2D eigenvalue weighted by atomic mass is 28.4. The lowest BCUT2D eigenvalue weighted by Crippen LogP contribution is -2.47. The van der Waals surface area contributed by atoms with Crippen LogP contribution in [0.3, 0.4) is 0 Å². The summed E-state index contributed by atoms with van der Waals surface area (Å²) in [7, 11) is -2.60. The molecule has 0 aliphatic carbocycles. The predicted molar refractivity (Wildman–Crippen MR) is 105 cm³/mol. The van der Waals surface area contributed by atoms with Crippen molar-refractivity contribution in [3.8, 4) is 24.7 Å². The van der Waals surface area contributed by atoms with Crippen LogP contribution in [0.15, 0.2) is 0 Å². The number of hydrogen-bond acceptors (Lipinski definition) is 2. The Morgan fingerprint density at radius 1 is 1.00 bits per heavy atom. The molecule has 0 aliphatic heterocycles. The van der Waals surface area contributed by atoms with Gasteiger partial charge in [-0.3, -0.25) is 0 Å². The predicted octanol–water partition coefficient (Wildman–Crippen LogP) is 5.37. The number of hydrogen-bond donors (Lipinski definition) is 1. The zero-order valence-electron chi connectivity index (χ0n) is 26.8. The van der Waals surface area contributed by atoms with Gasteiger partial charge in [-0.25, -0.2) is 0 Å². The smallest absolute Gasteiger partial charge is 0.192 e. The molecule has 0 heterocycles. The third kappa shape index (κ3) is 13.4. The zero-order chi connectivity index (χ0) is 28.9. The Bertz CT molecular complexity index is 728. The van der Waals surface area contributed by atoms with E-state index in [9.17, 15) is 5.11 Å². The second-order valence-corrected chi connectivity index (χ2v) is 11.7. The monoisotopic (exact) mass is 350 g/mol. The van der Waals surface area contributed by atoms with Crippen LogP contribution in [0.4, 0.5) is 0 Å². The highest BCUT2D eigenvalue weighted by Gasteiger charge is 2.41. The maximum absolute atomic E-state index is 9.59. The van der Waals surface area contributed by atoms with Crippen molar-refractivity contribution in [1.29, 1.82) is 0 Å². The van der Waals surface area contributed by atoms with E-state index in [1.54, 1.807) is 0 Å². The molecule has 0 amide bonds. The van der Waals surface area contributed by atoms with Crippen LogP contribution in [0.1, 0.15) is 90.3 Å². The summed E-state index contributed by atoms with van der Waals surface area (Å²) in [4.78, 5) is 0. The van der Waals surface area contributed by atoms with Crippen molar-refractivity contribution in [2.45, 2.75) is 103 Å². The molecular weight excluding hydrogens is 300 g/mol. The summed E-state index contributed by atoms with van der Waals surface area (Å²) < 4.78 is 94.3. The highest BCUT2D eigenvalue weighted by molar-refractivity contribution is 6.74. The lowest BCUT2D eigenvalue weighted by atomic mass is 10.0. The van der Waals surface area contributed by atoms with Gasteiger partial charge >= 0.3 is 0 Å². The van der Waals surface area contributed by atoms with Gasteiger partial charge in [-0.2, -0.15) is 0 Å². The van der Waals surface area contributed by atoms with E-state index in [4.69, 9.17) is 33.7 Å². The summed E-state index contributed by atoms with van der Waals surface area (Å²) in [6.07, 6.45) is 9.39. The van der Waals surface area contributed by atoms with Crippen molar-refractivity contribution >= 4 is 8.32 Å². The second kappa shape index (κ2) is 9.53. The fraction of sp³-hybridized carbons (Fsp3) is 0.800. The Morgan fingerprint density at radius 2 is 1.48 bits per heavy atom. The quantitative estimate of drug-likeness (QED) is 0.515. The molecule has 0 rings (SSSR count). The van der Waals surface area contributed by atoms with E-state index in [1.165, 1.54) is 0 Å². The molecule has 0 atom stereocenters. The molecule has 1 N–H and O–H groups in total. The van der Waals surface area contributed by atoms with E-state index in [0.29, 0.717) is 0 Å². The fourth-order valence-corrected chi connectivity index (χ4v) is 2.42. The van der Waals surface area contributed by atoms with Crippen LogP contribution in [0, 0.1) is 24.7 Å². The Balaban J connectivity index is 0. The molecule has 2 nitrogen and oxygen atoms in total. The normalized spacial score (nSPS) is 22.6. The van der Waals surface area contributed by atoms with Crippen LogP contribution in [-0.2, 0) is 4.43 Å². The van der Waals surface area contributed by atoms with Gasteiger partial charge in [0.1, 0.15) is 0 Å². The molecule has 0 radical (unpaired) electrons. The van der Waals surface area contributed by atoms with Crippen molar-refractivity contribution in [3.63, 3.8) is 0 Å². The van der Waals surface area contributed by atoms with Crippen LogP contribution in [0.25, 0.3) is 0 Å². The van der Waals surface area contributed by atoms with Crippen molar-refractivity contribution in [2.24, 2.45) is 0 Å². The van der Waals surface area contributed by atoms with Crippen LogP contribution in [-0.4, -0.2) is 24.6 Å². The molecule has 0 bridgehead atoms. The Labute approximate surface area is 163 Å². The molecule has 23 heavy (non-hydrogen) atoms. The maximum atomic E-state index is 9.59. The van der Waals surface area contributed by atoms with Gasteiger partial charge in [0.2, 0.25) is 0 Å². The van der Waals surface area contributed by atoms with Crippen LogP contribution in [0.2, 0.25) is 18.1 Å². The van der Waals surface area contributed by atoms with Gasteiger partial charge in [0, 0.05) is 29.3 Å². The Kier molecular flexibility index (Phi) is 4.00. The minimum Gasteiger partial charge on any atom is -0.412 e. The van der Waals surface area contributed by atoms with Crippen molar-refractivity contribution in [3.05, 3.63) is 0 Å². The summed E-state index contributed by atoms with van der Waals surface area (Å²) in [5.74, 6) is 4.43. The standard InChI is InChI=1S/C13H26OSi.C7H12O/c1-9-10-11-13(5,6)14-15(7,8)12(2,3)4;1-4-5-6-7(2,3)8/h1H,10-11H2,2-8H3;1,8H,5-6H2,2-3H3/i5D3,6D3;2D3,3D3. The third-order valence-corrected chi connectivity index (χ3v) is 7.96. The van der Waals surface area contributed by atoms with Gasteiger partial charge in [-0.05, 0) is 58.4 Å². The van der Waals surface area contributed by atoms with Gasteiger partial charge in [-0.15, -0.1) is 24.7 Å². The minimum absolute atomic E-state index is 0.0470. The molecular formula is C20H38O2Si. The van der Waals surface area contributed by atoms with E-state index < -0.39 is 53.3 Å². The van der Waals surface area contributed by atoms with Gasteiger partial charge in [-0.1, -0.05) is 20.8 Å². The first-order valence-corrected chi connectivity index (χ1v) is 10.3. The van der Waals surface area contributed by atoms with Gasteiger partial charge < -0.3 is 9.53 Å². The van der Waals surface area contributed by atoms with Crippen LogP contribution < -0.4 is 0 Å². The lowest BCUT2D eigenvalue weighted by molar-refractivity contribution is 0.0727. The van der Waals surface area contributed by atoms with Crippen LogP contribution >= 0.6 is 0 Å². The van der Waals surface area contributed by atoms with Crippen molar-refractivity contribution in [2.75, 3.05) is 0 Å². The number of terminal acetylenes is 2. The van der Waals surface area contributed by atoms with E-state index in [-0.39, 0.29) is 24.3 Å². The SMILES string of the molecule is [2H]C([2H])([2H])C(CCC#C)(O[Si](C)(C)C(C)(C)C)C([2H])([2H])[2H].[2H]C([2H])([2H])C(O)(CCC#C)C([2H])([2H])[2H]. The summed E-state index contributed by atoms with van der Waals surface area (Å²) in [6.45, 7) is -1.98. The maximum Gasteiger partial charge on any atom is 0.192 e. The van der Waals surface area contributed by atoms with Gasteiger partial charge in [0.05, 0.1) is 11.2 Å². The van der Waals surface area contributed by atoms with E-state index in [0.717, 1.165) is 0 Å². The molecule has 0 aromatic rings. The molecule has 0 aromatic heterocycles. The zero-order valence-corrected chi connectivity index (χ0v) is 15.8. The summed E-state index contributed by atoms with van der Waals surface area (Å²) in [5.41, 5.74) is -4.93. The average Bonchev–Trinajstić information content (AvgIpc) is 2.58. The Morgan fingerprint density at radius 3 is 1.83 bits per heavy atom. The molecule has 0 aromatic carbocycles. The number of aliphatic hydroxyl groups is 1. The molecule has 0 saturated carbocycles. The molecule has 0 unspecified atom stereocenters. The first kappa shape index (κ1) is 9.67. The highest BCUT2D eigenvalue weighted by Crippen LogP contribution is 2.39. The molecule has 0 aliphatic rings. The molecule has 0 saturated heterocycles. The van der Waals surface area contributed by atoms with E-state index >= 15 is 0 Å². The van der Waals surface area contributed by atoms with Crippen molar-refractivity contribution in [1.82, 2.24) is 0 Å². The molecule has 134 valence electrons. The van der Waals surface area contributed by atoms with Crippen LogP contribution in [0.5, 0.6) is 0 Å². The second-order valence-electron chi connectivity index (χ2n) is 6.96. The summed E-state index contributed by atoms with van der Waals surface area (Å²) >= 11 is 0. The minimum atomic E-state index is -2.96.